The highest BCUT2D eigenvalue weighted by Gasteiger charge is 2.15. The van der Waals surface area contributed by atoms with Gasteiger partial charge in [-0.1, -0.05) is 18.2 Å². The molecular formula is C11H12N2O2S. The fourth-order valence-corrected chi connectivity index (χ4v) is 1.77. The molecule has 5 heteroatoms. The highest BCUT2D eigenvalue weighted by Crippen LogP contribution is 2.18. The molecule has 84 valence electrons. The van der Waals surface area contributed by atoms with Crippen LogP contribution in [0.3, 0.4) is 0 Å². The van der Waals surface area contributed by atoms with Crippen molar-refractivity contribution in [1.29, 1.82) is 0 Å². The summed E-state index contributed by atoms with van der Waals surface area (Å²) in [6.07, 6.45) is 0. The predicted octanol–water partition coefficient (Wildman–Crippen LogP) is 1.96. The number of para-hydroxylation sites is 1. The second-order valence-electron chi connectivity index (χ2n) is 3.49. The summed E-state index contributed by atoms with van der Waals surface area (Å²) in [6, 6.07) is 8.97. The quantitative estimate of drug-likeness (QED) is 0.614. The average molecular weight is 236 g/mol. The average Bonchev–Trinajstić information content (AvgIpc) is 2.67. The van der Waals surface area contributed by atoms with Crippen LogP contribution in [0, 0.1) is 0 Å². The molecular weight excluding hydrogens is 224 g/mol. The van der Waals surface area contributed by atoms with Crippen LogP contribution < -0.4 is 5.32 Å². The van der Waals surface area contributed by atoms with Crippen molar-refractivity contribution in [3.05, 3.63) is 30.3 Å². The van der Waals surface area contributed by atoms with E-state index in [9.17, 15) is 4.79 Å². The first-order valence-electron chi connectivity index (χ1n) is 4.88. The van der Waals surface area contributed by atoms with Crippen molar-refractivity contribution in [2.45, 2.75) is 6.04 Å². The fraction of sp³-hybridized carbons (Fsp3) is 0.182. The molecule has 0 saturated heterocycles. The second kappa shape index (κ2) is 4.49. The van der Waals surface area contributed by atoms with Crippen molar-refractivity contribution in [2.24, 2.45) is 0 Å². The van der Waals surface area contributed by atoms with Gasteiger partial charge in [0.1, 0.15) is 11.9 Å². The van der Waals surface area contributed by atoms with E-state index in [2.05, 4.69) is 22.9 Å². The van der Waals surface area contributed by atoms with Crippen LogP contribution in [0.4, 0.5) is 5.82 Å². The summed E-state index contributed by atoms with van der Waals surface area (Å²) < 4.78 is 0. The molecule has 0 radical (unpaired) electrons. The van der Waals surface area contributed by atoms with Crippen molar-refractivity contribution in [1.82, 2.24) is 4.98 Å². The molecule has 1 aromatic carbocycles. The molecule has 1 aromatic heterocycles. The number of benzene rings is 1. The maximum atomic E-state index is 10.8. The molecule has 0 spiro atoms. The molecule has 1 atom stereocenters. The summed E-state index contributed by atoms with van der Waals surface area (Å²) in [7, 11) is 0. The van der Waals surface area contributed by atoms with Gasteiger partial charge in [-0.2, -0.15) is 12.6 Å². The zero-order chi connectivity index (χ0) is 11.5. The number of H-pyrrole nitrogens is 1. The van der Waals surface area contributed by atoms with Crippen LogP contribution >= 0.6 is 12.6 Å². The van der Waals surface area contributed by atoms with E-state index in [0.29, 0.717) is 5.82 Å². The van der Waals surface area contributed by atoms with Crippen LogP contribution in [0.5, 0.6) is 0 Å². The minimum Gasteiger partial charge on any atom is -0.480 e. The molecule has 0 saturated carbocycles. The van der Waals surface area contributed by atoms with Gasteiger partial charge in [-0.15, -0.1) is 0 Å². The Kier molecular flexibility index (Phi) is 3.05. The van der Waals surface area contributed by atoms with E-state index in [1.54, 1.807) is 0 Å². The molecule has 0 aliphatic carbocycles. The van der Waals surface area contributed by atoms with Crippen molar-refractivity contribution in [3.63, 3.8) is 0 Å². The Morgan fingerprint density at radius 2 is 2.25 bits per heavy atom. The number of anilines is 1. The number of nitrogens with one attached hydrogen (secondary N) is 2. The molecule has 3 N–H and O–H groups in total. The third-order valence-electron chi connectivity index (χ3n) is 2.34. The van der Waals surface area contributed by atoms with Gasteiger partial charge in [0.2, 0.25) is 0 Å². The van der Waals surface area contributed by atoms with Crippen molar-refractivity contribution < 1.29 is 9.90 Å². The Morgan fingerprint density at radius 3 is 2.88 bits per heavy atom. The maximum absolute atomic E-state index is 10.8. The van der Waals surface area contributed by atoms with Gasteiger partial charge in [0.05, 0.1) is 0 Å². The van der Waals surface area contributed by atoms with E-state index in [4.69, 9.17) is 5.11 Å². The monoisotopic (exact) mass is 236 g/mol. The lowest BCUT2D eigenvalue weighted by molar-refractivity contribution is -0.137. The Labute approximate surface area is 98.1 Å². The minimum atomic E-state index is -0.909. The van der Waals surface area contributed by atoms with Crippen molar-refractivity contribution in [3.8, 4) is 0 Å². The topological polar surface area (TPSA) is 65.1 Å². The van der Waals surface area contributed by atoms with E-state index in [-0.39, 0.29) is 5.75 Å². The smallest absolute Gasteiger partial charge is 0.327 e. The maximum Gasteiger partial charge on any atom is 0.327 e. The van der Waals surface area contributed by atoms with Gasteiger partial charge in [0.25, 0.3) is 0 Å². The molecule has 0 aliphatic rings. The Balaban J connectivity index is 2.24. The number of aliphatic carboxylic acids is 1. The Bertz CT molecular complexity index is 476. The lowest BCUT2D eigenvalue weighted by atomic mass is 10.2. The van der Waals surface area contributed by atoms with Gasteiger partial charge in [-0.25, -0.2) is 4.79 Å². The molecule has 0 amide bonds. The fourth-order valence-electron chi connectivity index (χ4n) is 1.52. The van der Waals surface area contributed by atoms with Crippen LogP contribution in [0.1, 0.15) is 0 Å². The highest BCUT2D eigenvalue weighted by atomic mass is 32.1. The predicted molar refractivity (Wildman–Crippen MR) is 67.2 cm³/mol. The van der Waals surface area contributed by atoms with E-state index in [1.807, 2.05) is 30.3 Å². The molecule has 0 bridgehead atoms. The van der Waals surface area contributed by atoms with Crippen LogP contribution in [-0.2, 0) is 4.79 Å². The number of thiol groups is 1. The molecule has 1 heterocycles. The van der Waals surface area contributed by atoms with Gasteiger partial charge in [-0.3, -0.25) is 0 Å². The highest BCUT2D eigenvalue weighted by molar-refractivity contribution is 7.80. The largest absolute Gasteiger partial charge is 0.480 e. The molecule has 0 fully saturated rings. The summed E-state index contributed by atoms with van der Waals surface area (Å²) in [5.41, 5.74) is 0.980. The minimum absolute atomic E-state index is 0.241. The number of hydrogen-bond donors (Lipinski definition) is 4. The number of aromatic nitrogens is 1. The summed E-state index contributed by atoms with van der Waals surface area (Å²) in [5, 5.41) is 12.8. The number of carboxylic acids is 1. The lowest BCUT2D eigenvalue weighted by Gasteiger charge is -2.10. The third-order valence-corrected chi connectivity index (χ3v) is 2.71. The van der Waals surface area contributed by atoms with Crippen molar-refractivity contribution >= 4 is 35.3 Å². The van der Waals surface area contributed by atoms with Crippen LogP contribution in [0.25, 0.3) is 10.9 Å². The third kappa shape index (κ3) is 2.14. The standard InChI is InChI=1S/C11H12N2O2S/c14-11(15)9(6-16)13-10-5-7-3-1-2-4-8(7)12-10/h1-5,9,12-13,16H,6H2,(H,14,15)/t9-/m0/s1. The number of carbonyl (C=O) groups is 1. The first-order valence-corrected chi connectivity index (χ1v) is 5.52. The number of carboxylic acid groups (broad SMARTS) is 1. The van der Waals surface area contributed by atoms with Crippen LogP contribution in [-0.4, -0.2) is 27.9 Å². The number of fused-ring (bicyclic) bond motifs is 1. The summed E-state index contributed by atoms with van der Waals surface area (Å²) in [5.74, 6) is 0.0290. The molecule has 4 nitrogen and oxygen atoms in total. The van der Waals surface area contributed by atoms with Crippen molar-refractivity contribution in [2.75, 3.05) is 11.1 Å². The van der Waals surface area contributed by atoms with Gasteiger partial charge in [-0.05, 0) is 12.1 Å². The zero-order valence-corrected chi connectivity index (χ0v) is 9.37. The Hall–Kier alpha value is -1.62. The van der Waals surface area contributed by atoms with Gasteiger partial charge in [0.15, 0.2) is 0 Å². The van der Waals surface area contributed by atoms with E-state index < -0.39 is 12.0 Å². The summed E-state index contributed by atoms with van der Waals surface area (Å²) in [6.45, 7) is 0. The molecule has 2 aromatic rings. The molecule has 2 rings (SSSR count). The Morgan fingerprint density at radius 1 is 1.50 bits per heavy atom. The first kappa shape index (κ1) is 10.9. The van der Waals surface area contributed by atoms with Gasteiger partial charge >= 0.3 is 5.97 Å². The number of rotatable bonds is 4. The van der Waals surface area contributed by atoms with Crippen LogP contribution in [0.15, 0.2) is 30.3 Å². The molecule has 0 aliphatic heterocycles. The van der Waals surface area contributed by atoms with Gasteiger partial charge < -0.3 is 15.4 Å². The second-order valence-corrected chi connectivity index (χ2v) is 3.85. The SMILES string of the molecule is O=C(O)[C@H](CS)Nc1cc2ccccc2[nH]1. The molecule has 16 heavy (non-hydrogen) atoms. The summed E-state index contributed by atoms with van der Waals surface area (Å²) in [4.78, 5) is 13.9. The van der Waals surface area contributed by atoms with E-state index in [0.717, 1.165) is 10.9 Å². The first-order chi connectivity index (χ1) is 7.70. The zero-order valence-electron chi connectivity index (χ0n) is 8.47. The normalized spacial score (nSPS) is 12.6. The van der Waals surface area contributed by atoms with Gasteiger partial charge in [0, 0.05) is 16.7 Å². The van der Waals surface area contributed by atoms with E-state index >= 15 is 0 Å². The lowest BCUT2D eigenvalue weighted by Crippen LogP contribution is -2.30. The number of aromatic amines is 1. The van der Waals surface area contributed by atoms with E-state index in [1.165, 1.54) is 0 Å². The molecule has 0 unspecified atom stereocenters. The summed E-state index contributed by atoms with van der Waals surface area (Å²) >= 11 is 3.99. The van der Waals surface area contributed by atoms with Crippen LogP contribution in [0.2, 0.25) is 0 Å². The number of hydrogen-bond acceptors (Lipinski definition) is 3.